The van der Waals surface area contributed by atoms with Crippen molar-refractivity contribution in [2.75, 3.05) is 12.4 Å². The number of benzene rings is 3. The number of halogens is 2. The molecule has 184 valence electrons. The fourth-order valence-electron chi connectivity index (χ4n) is 4.50. The van der Waals surface area contributed by atoms with Gasteiger partial charge in [-0.2, -0.15) is 22.8 Å². The molecule has 0 amide bonds. The second kappa shape index (κ2) is 8.85. The summed E-state index contributed by atoms with van der Waals surface area (Å²) in [6.45, 7) is 0. The average molecular weight is 575 g/mol. The van der Waals surface area contributed by atoms with E-state index in [9.17, 15) is 8.78 Å². The van der Waals surface area contributed by atoms with Crippen molar-refractivity contribution >= 4 is 83.3 Å². The van der Waals surface area contributed by atoms with Crippen LogP contribution in [-0.2, 0) is 0 Å². The minimum Gasteiger partial charge on any atom is -0.386 e. The van der Waals surface area contributed by atoms with Gasteiger partial charge in [-0.3, -0.25) is 0 Å². The van der Waals surface area contributed by atoms with E-state index in [1.807, 2.05) is 19.2 Å². The molecule has 0 fully saturated rings. The summed E-state index contributed by atoms with van der Waals surface area (Å²) in [4.78, 5) is 2.16. The SMILES string of the molecule is CNc1ccc(-c2cc3sc(-c4ccc(-c5cc(F)c(C#N)c(F)c5)c5nsnc45)cc3s2)c2nsnc12. The molecule has 0 aliphatic carbocycles. The number of nitriles is 1. The lowest BCUT2D eigenvalue weighted by atomic mass is 9.99. The highest BCUT2D eigenvalue weighted by Gasteiger charge is 2.20. The first-order valence-electron chi connectivity index (χ1n) is 11.2. The number of nitrogens with one attached hydrogen (secondary N) is 1. The Kier molecular flexibility index (Phi) is 5.41. The molecule has 0 saturated carbocycles. The fraction of sp³-hybridized carbons (Fsp3) is 0.0385. The maximum atomic E-state index is 14.3. The van der Waals surface area contributed by atoms with Gasteiger partial charge in [0.1, 0.15) is 45.3 Å². The molecule has 1 N–H and O–H groups in total. The Morgan fingerprint density at radius 3 is 1.79 bits per heavy atom. The van der Waals surface area contributed by atoms with E-state index in [4.69, 9.17) is 5.26 Å². The normalized spacial score (nSPS) is 11.5. The Labute approximate surface area is 230 Å². The first-order valence-corrected chi connectivity index (χ1v) is 14.3. The van der Waals surface area contributed by atoms with Crippen molar-refractivity contribution in [2.24, 2.45) is 0 Å². The highest BCUT2D eigenvalue weighted by molar-refractivity contribution is 7.31. The first-order chi connectivity index (χ1) is 18.6. The molecule has 6 nitrogen and oxygen atoms in total. The second-order valence-electron chi connectivity index (χ2n) is 8.37. The monoisotopic (exact) mass is 574 g/mol. The Morgan fingerprint density at radius 2 is 1.21 bits per heavy atom. The van der Waals surface area contributed by atoms with Crippen LogP contribution in [0.15, 0.2) is 48.5 Å². The number of rotatable bonds is 4. The quantitative estimate of drug-likeness (QED) is 0.228. The van der Waals surface area contributed by atoms with Gasteiger partial charge in [0.05, 0.1) is 29.1 Å². The zero-order valence-corrected chi connectivity index (χ0v) is 22.5. The zero-order chi connectivity index (χ0) is 26.0. The topological polar surface area (TPSA) is 87.4 Å². The Bertz CT molecular complexity index is 2030. The van der Waals surface area contributed by atoms with E-state index in [-0.39, 0.29) is 0 Å². The van der Waals surface area contributed by atoms with Crippen LogP contribution in [0.4, 0.5) is 14.5 Å². The number of nitrogens with zero attached hydrogens (tertiary/aromatic N) is 5. The largest absolute Gasteiger partial charge is 0.386 e. The van der Waals surface area contributed by atoms with Gasteiger partial charge in [0.25, 0.3) is 0 Å². The number of hydrogen-bond donors (Lipinski definition) is 1. The predicted molar refractivity (Wildman–Crippen MR) is 152 cm³/mol. The Balaban J connectivity index is 1.31. The lowest BCUT2D eigenvalue weighted by Gasteiger charge is -2.07. The maximum Gasteiger partial charge on any atom is 0.144 e. The van der Waals surface area contributed by atoms with Gasteiger partial charge < -0.3 is 5.32 Å². The molecule has 0 aliphatic rings. The molecule has 0 radical (unpaired) electrons. The molecule has 38 heavy (non-hydrogen) atoms. The lowest BCUT2D eigenvalue weighted by molar-refractivity contribution is 0.578. The summed E-state index contributed by atoms with van der Waals surface area (Å²) < 4.78 is 48.8. The standard InChI is InChI=1S/C26H12F2N6S4/c1-30-18-5-4-14(25-26(18)34-38-33-25)20-9-22-21(36-20)8-19(35-22)13-3-2-12(23-24(13)32-37-31-23)11-6-16(27)15(10-29)17(28)7-11/h2-9,30H,1H3. The summed E-state index contributed by atoms with van der Waals surface area (Å²) in [6.07, 6.45) is 0. The minimum absolute atomic E-state index is 0.312. The summed E-state index contributed by atoms with van der Waals surface area (Å²) in [5, 5.41) is 12.2. The molecule has 0 atom stereocenters. The van der Waals surface area contributed by atoms with Crippen LogP contribution in [0.5, 0.6) is 0 Å². The third-order valence-corrected chi connectivity index (χ3v) is 9.72. The molecule has 0 spiro atoms. The van der Waals surface area contributed by atoms with Gasteiger partial charge in [-0.1, -0.05) is 12.1 Å². The molecule has 0 bridgehead atoms. The van der Waals surface area contributed by atoms with E-state index in [1.165, 1.54) is 11.7 Å². The summed E-state index contributed by atoms with van der Waals surface area (Å²) in [5.74, 6) is -1.80. The Hall–Kier alpha value is -3.89. The van der Waals surface area contributed by atoms with Gasteiger partial charge >= 0.3 is 0 Å². The van der Waals surface area contributed by atoms with Crippen molar-refractivity contribution in [2.45, 2.75) is 0 Å². The summed E-state index contributed by atoms with van der Waals surface area (Å²) in [5.41, 5.74) is 6.19. The van der Waals surface area contributed by atoms with Gasteiger partial charge in [0.15, 0.2) is 0 Å². The van der Waals surface area contributed by atoms with Crippen LogP contribution < -0.4 is 5.32 Å². The van der Waals surface area contributed by atoms with Crippen molar-refractivity contribution in [3.05, 3.63) is 65.7 Å². The number of aromatic nitrogens is 4. The molecule has 0 unspecified atom stereocenters. The molecule has 0 saturated heterocycles. The number of hydrogen-bond acceptors (Lipinski definition) is 10. The number of fused-ring (bicyclic) bond motifs is 3. The molecule has 12 heteroatoms. The van der Waals surface area contributed by atoms with Gasteiger partial charge in [-0.25, -0.2) is 8.78 Å². The van der Waals surface area contributed by atoms with Crippen LogP contribution in [0.3, 0.4) is 0 Å². The van der Waals surface area contributed by atoms with Gasteiger partial charge in [-0.15, -0.1) is 22.7 Å². The predicted octanol–water partition coefficient (Wildman–Crippen LogP) is 8.16. The number of anilines is 1. The molecular formula is C26H12F2N6S4. The van der Waals surface area contributed by atoms with Crippen LogP contribution in [0.2, 0.25) is 0 Å². The molecule has 3 aromatic carbocycles. The van der Waals surface area contributed by atoms with E-state index in [0.717, 1.165) is 70.9 Å². The lowest BCUT2D eigenvalue weighted by Crippen LogP contribution is -1.93. The second-order valence-corrected chi connectivity index (χ2v) is 11.6. The van der Waals surface area contributed by atoms with Crippen molar-refractivity contribution in [3.8, 4) is 38.1 Å². The van der Waals surface area contributed by atoms with Gasteiger partial charge in [-0.05, 0) is 42.0 Å². The highest BCUT2D eigenvalue weighted by atomic mass is 32.1. The molecule has 4 aromatic heterocycles. The van der Waals surface area contributed by atoms with Crippen LogP contribution in [-0.4, -0.2) is 24.5 Å². The third-order valence-electron chi connectivity index (χ3n) is 6.30. The van der Waals surface area contributed by atoms with Crippen molar-refractivity contribution in [1.29, 1.82) is 5.26 Å². The summed E-state index contributed by atoms with van der Waals surface area (Å²) in [6, 6.07) is 16.0. The number of thiophene rings is 2. The van der Waals surface area contributed by atoms with Crippen LogP contribution >= 0.6 is 46.1 Å². The minimum atomic E-state index is -0.900. The first kappa shape index (κ1) is 23.2. The Morgan fingerprint density at radius 1 is 0.711 bits per heavy atom. The molecule has 4 heterocycles. The van der Waals surface area contributed by atoms with E-state index >= 15 is 0 Å². The van der Waals surface area contributed by atoms with Gasteiger partial charge in [0.2, 0.25) is 0 Å². The molecule has 7 rings (SSSR count). The van der Waals surface area contributed by atoms with Crippen LogP contribution in [0.25, 0.3) is 63.5 Å². The summed E-state index contributed by atoms with van der Waals surface area (Å²) >= 11 is 5.61. The van der Waals surface area contributed by atoms with E-state index in [0.29, 0.717) is 22.2 Å². The van der Waals surface area contributed by atoms with E-state index < -0.39 is 17.2 Å². The fourth-order valence-corrected chi connectivity index (χ4v) is 8.10. The molecule has 0 aliphatic heterocycles. The highest BCUT2D eigenvalue weighted by Crippen LogP contribution is 2.45. The van der Waals surface area contributed by atoms with Crippen molar-refractivity contribution in [3.63, 3.8) is 0 Å². The van der Waals surface area contributed by atoms with E-state index in [1.54, 1.807) is 34.8 Å². The van der Waals surface area contributed by atoms with Crippen molar-refractivity contribution < 1.29 is 8.78 Å². The maximum absolute atomic E-state index is 14.3. The van der Waals surface area contributed by atoms with Crippen LogP contribution in [0.1, 0.15) is 5.56 Å². The summed E-state index contributed by atoms with van der Waals surface area (Å²) in [7, 11) is 1.87. The van der Waals surface area contributed by atoms with E-state index in [2.05, 4.69) is 41.0 Å². The van der Waals surface area contributed by atoms with Crippen molar-refractivity contribution in [1.82, 2.24) is 17.5 Å². The smallest absolute Gasteiger partial charge is 0.144 e. The molecule has 7 aromatic rings. The van der Waals surface area contributed by atoms with Gasteiger partial charge in [0, 0.05) is 42.9 Å². The average Bonchev–Trinajstić information content (AvgIpc) is 3.70. The van der Waals surface area contributed by atoms with Crippen LogP contribution in [0, 0.1) is 23.0 Å². The molecular weight excluding hydrogens is 563 g/mol. The zero-order valence-electron chi connectivity index (χ0n) is 19.2. The third kappa shape index (κ3) is 3.51.